The molecule has 3 aromatic rings. The van der Waals surface area contributed by atoms with E-state index in [0.29, 0.717) is 23.7 Å². The smallest absolute Gasteiger partial charge is 0.267 e. The number of aryl methyl sites for hydroxylation is 1. The van der Waals surface area contributed by atoms with Crippen molar-refractivity contribution >= 4 is 44.5 Å². The molecular formula is C20H20N4O4S3. The fraction of sp³-hybridized carbons (Fsp3) is 0.250. The summed E-state index contributed by atoms with van der Waals surface area (Å²) in [6.07, 6.45) is 1.71. The minimum Gasteiger partial charge on any atom is -0.267 e. The third-order valence-corrected chi connectivity index (χ3v) is 8.95. The number of aromatic nitrogens is 1. The summed E-state index contributed by atoms with van der Waals surface area (Å²) in [5.74, 6) is -1.00. The summed E-state index contributed by atoms with van der Waals surface area (Å²) in [5, 5.41) is 2.69. The van der Waals surface area contributed by atoms with Crippen LogP contribution in [0, 0.1) is 6.92 Å². The molecule has 1 saturated heterocycles. The second-order valence-electron chi connectivity index (χ2n) is 6.95. The van der Waals surface area contributed by atoms with Crippen LogP contribution in [0.1, 0.15) is 38.6 Å². The first kappa shape index (κ1) is 21.6. The first-order valence-electron chi connectivity index (χ1n) is 9.58. The molecule has 0 saturated carbocycles. The van der Waals surface area contributed by atoms with Crippen LogP contribution in [0.5, 0.6) is 0 Å². The minimum atomic E-state index is -3.54. The van der Waals surface area contributed by atoms with Crippen LogP contribution in [0.25, 0.3) is 9.88 Å². The molecule has 11 heteroatoms. The molecule has 0 bridgehead atoms. The lowest BCUT2D eigenvalue weighted by atomic mass is 10.2. The van der Waals surface area contributed by atoms with Gasteiger partial charge >= 0.3 is 0 Å². The summed E-state index contributed by atoms with van der Waals surface area (Å²) in [6.45, 7) is 2.77. The summed E-state index contributed by atoms with van der Waals surface area (Å²) in [4.78, 5) is 30.8. The van der Waals surface area contributed by atoms with Crippen molar-refractivity contribution in [2.75, 3.05) is 13.1 Å². The standard InChI is InChI=1S/C20H20N4O4S3/c1-13-17(30-20(21-13)16-5-4-12-29-16)19(26)23-22-18(25)14-6-8-15(9-7-14)31(27,28)24-10-2-3-11-24/h4-9,12H,2-3,10-11H2,1H3,(H,22,25)(H,23,26). The van der Waals surface area contributed by atoms with Crippen LogP contribution in [-0.4, -0.2) is 42.6 Å². The predicted octanol–water partition coefficient (Wildman–Crippen LogP) is 3.04. The van der Waals surface area contributed by atoms with Crippen molar-refractivity contribution in [2.45, 2.75) is 24.7 Å². The Balaban J connectivity index is 1.39. The molecule has 8 nitrogen and oxygen atoms in total. The number of carbonyl (C=O) groups excluding carboxylic acids is 2. The van der Waals surface area contributed by atoms with Crippen molar-refractivity contribution in [2.24, 2.45) is 0 Å². The number of amides is 2. The maximum atomic E-state index is 12.6. The van der Waals surface area contributed by atoms with Gasteiger partial charge in [0.15, 0.2) is 0 Å². The maximum Gasteiger partial charge on any atom is 0.281 e. The van der Waals surface area contributed by atoms with Gasteiger partial charge in [0, 0.05) is 18.7 Å². The third kappa shape index (κ3) is 4.54. The van der Waals surface area contributed by atoms with Gasteiger partial charge in [-0.25, -0.2) is 13.4 Å². The van der Waals surface area contributed by atoms with E-state index in [4.69, 9.17) is 0 Å². The van der Waals surface area contributed by atoms with Gasteiger partial charge in [0.05, 0.1) is 15.5 Å². The number of benzene rings is 1. The van der Waals surface area contributed by atoms with Gasteiger partial charge in [-0.05, 0) is 55.5 Å². The lowest BCUT2D eigenvalue weighted by Gasteiger charge is -2.15. The number of hydrogen-bond donors (Lipinski definition) is 2. The minimum absolute atomic E-state index is 0.149. The zero-order valence-corrected chi connectivity index (χ0v) is 19.1. The highest BCUT2D eigenvalue weighted by Gasteiger charge is 2.27. The molecule has 0 spiro atoms. The number of sulfonamides is 1. The Morgan fingerprint density at radius 1 is 1.03 bits per heavy atom. The maximum absolute atomic E-state index is 12.6. The lowest BCUT2D eigenvalue weighted by molar-refractivity contribution is 0.0848. The fourth-order valence-corrected chi connectivity index (χ4v) is 6.49. The molecule has 2 aromatic heterocycles. The van der Waals surface area contributed by atoms with Gasteiger partial charge in [0.25, 0.3) is 11.8 Å². The highest BCUT2D eigenvalue weighted by Crippen LogP contribution is 2.31. The highest BCUT2D eigenvalue weighted by molar-refractivity contribution is 7.89. The lowest BCUT2D eigenvalue weighted by Crippen LogP contribution is -2.41. The van der Waals surface area contributed by atoms with Gasteiger partial charge in [-0.15, -0.1) is 22.7 Å². The van der Waals surface area contributed by atoms with Crippen LogP contribution < -0.4 is 10.9 Å². The SMILES string of the molecule is Cc1nc(-c2cccs2)sc1C(=O)NNC(=O)c1ccc(S(=O)(=O)N2CCCC2)cc1. The topological polar surface area (TPSA) is 108 Å². The van der Waals surface area contributed by atoms with Crippen LogP contribution >= 0.6 is 22.7 Å². The molecule has 0 radical (unpaired) electrons. The van der Waals surface area contributed by atoms with Gasteiger partial charge in [0.2, 0.25) is 10.0 Å². The Morgan fingerprint density at radius 2 is 1.71 bits per heavy atom. The van der Waals surface area contributed by atoms with E-state index < -0.39 is 21.8 Å². The van der Waals surface area contributed by atoms with E-state index in [-0.39, 0.29) is 10.5 Å². The van der Waals surface area contributed by atoms with Gasteiger partial charge in [-0.1, -0.05) is 6.07 Å². The number of carbonyl (C=O) groups is 2. The monoisotopic (exact) mass is 476 g/mol. The van der Waals surface area contributed by atoms with Gasteiger partial charge in [0.1, 0.15) is 9.88 Å². The van der Waals surface area contributed by atoms with Crippen molar-refractivity contribution in [1.82, 2.24) is 20.1 Å². The Kier molecular flexibility index (Phi) is 6.19. The molecule has 0 aliphatic carbocycles. The van der Waals surface area contributed by atoms with Gasteiger partial charge in [-0.3, -0.25) is 20.4 Å². The molecule has 162 valence electrons. The summed E-state index contributed by atoms with van der Waals surface area (Å²) in [5.41, 5.74) is 5.58. The van der Waals surface area contributed by atoms with E-state index >= 15 is 0 Å². The molecule has 0 unspecified atom stereocenters. The summed E-state index contributed by atoms with van der Waals surface area (Å²) in [6, 6.07) is 9.52. The molecular weight excluding hydrogens is 456 g/mol. The number of nitrogens with one attached hydrogen (secondary N) is 2. The molecule has 4 rings (SSSR count). The van der Waals surface area contributed by atoms with Crippen molar-refractivity contribution in [1.29, 1.82) is 0 Å². The molecule has 3 heterocycles. The zero-order chi connectivity index (χ0) is 22.0. The van der Waals surface area contributed by atoms with Crippen molar-refractivity contribution in [3.05, 3.63) is 57.9 Å². The average Bonchev–Trinajstić information content (AvgIpc) is 3.53. The van der Waals surface area contributed by atoms with E-state index in [2.05, 4.69) is 15.8 Å². The number of rotatable bonds is 5. The van der Waals surface area contributed by atoms with Crippen molar-refractivity contribution in [3.63, 3.8) is 0 Å². The third-order valence-electron chi connectivity index (χ3n) is 4.84. The number of hydrogen-bond acceptors (Lipinski definition) is 7. The quantitative estimate of drug-likeness (QED) is 0.550. The Hall–Kier alpha value is -2.60. The summed E-state index contributed by atoms with van der Waals surface area (Å²) < 4.78 is 26.6. The Morgan fingerprint density at radius 3 is 2.35 bits per heavy atom. The molecule has 2 N–H and O–H groups in total. The van der Waals surface area contributed by atoms with Crippen LogP contribution in [0.4, 0.5) is 0 Å². The van der Waals surface area contributed by atoms with Crippen molar-refractivity contribution in [3.8, 4) is 9.88 Å². The Labute approximate surface area is 188 Å². The van der Waals surface area contributed by atoms with Gasteiger partial charge < -0.3 is 0 Å². The van der Waals surface area contributed by atoms with E-state index in [0.717, 1.165) is 22.7 Å². The zero-order valence-electron chi connectivity index (χ0n) is 16.6. The first-order valence-corrected chi connectivity index (χ1v) is 12.7. The molecule has 1 aliphatic rings. The summed E-state index contributed by atoms with van der Waals surface area (Å²) in [7, 11) is -3.54. The first-order chi connectivity index (χ1) is 14.9. The molecule has 2 amide bonds. The van der Waals surface area contributed by atoms with E-state index in [1.54, 1.807) is 6.92 Å². The molecule has 0 atom stereocenters. The van der Waals surface area contributed by atoms with Crippen LogP contribution in [0.15, 0.2) is 46.7 Å². The number of nitrogens with zero attached hydrogens (tertiary/aromatic N) is 2. The second-order valence-corrected chi connectivity index (χ2v) is 10.8. The molecule has 31 heavy (non-hydrogen) atoms. The second kappa shape index (κ2) is 8.87. The molecule has 1 fully saturated rings. The van der Waals surface area contributed by atoms with Crippen molar-refractivity contribution < 1.29 is 18.0 Å². The number of thiazole rings is 1. The largest absolute Gasteiger partial charge is 0.281 e. The Bertz CT molecular complexity index is 1200. The molecule has 1 aliphatic heterocycles. The number of thiophene rings is 1. The predicted molar refractivity (Wildman–Crippen MR) is 120 cm³/mol. The van der Waals surface area contributed by atoms with Crippen LogP contribution in [-0.2, 0) is 10.0 Å². The van der Waals surface area contributed by atoms with Crippen LogP contribution in [0.3, 0.4) is 0 Å². The van der Waals surface area contributed by atoms with E-state index in [1.165, 1.54) is 51.2 Å². The normalized spacial score (nSPS) is 14.5. The molecule has 1 aromatic carbocycles. The number of hydrazine groups is 1. The average molecular weight is 477 g/mol. The van der Waals surface area contributed by atoms with Gasteiger partial charge in [-0.2, -0.15) is 4.31 Å². The van der Waals surface area contributed by atoms with E-state index in [1.807, 2.05) is 17.5 Å². The van der Waals surface area contributed by atoms with Crippen LogP contribution in [0.2, 0.25) is 0 Å². The fourth-order valence-electron chi connectivity index (χ4n) is 3.21. The highest BCUT2D eigenvalue weighted by atomic mass is 32.2. The van der Waals surface area contributed by atoms with E-state index in [9.17, 15) is 18.0 Å². The summed E-state index contributed by atoms with van der Waals surface area (Å²) >= 11 is 2.79.